The van der Waals surface area contributed by atoms with Crippen LogP contribution in [0.5, 0.6) is 0 Å². The molecule has 1 aromatic rings. The summed E-state index contributed by atoms with van der Waals surface area (Å²) >= 11 is 5.36. The van der Waals surface area contributed by atoms with Gasteiger partial charge in [0.2, 0.25) is 0 Å². The fourth-order valence-corrected chi connectivity index (χ4v) is 2.16. The van der Waals surface area contributed by atoms with Gasteiger partial charge in [0.05, 0.1) is 18.3 Å². The van der Waals surface area contributed by atoms with E-state index in [9.17, 15) is 0 Å². The van der Waals surface area contributed by atoms with E-state index in [1.807, 2.05) is 29.7 Å². The Morgan fingerprint density at radius 2 is 2.56 bits per heavy atom. The van der Waals surface area contributed by atoms with Gasteiger partial charge in [-0.05, 0) is 31.1 Å². The van der Waals surface area contributed by atoms with E-state index in [0.29, 0.717) is 6.10 Å². The highest BCUT2D eigenvalue weighted by Crippen LogP contribution is 2.10. The largest absolute Gasteiger partial charge is 0.376 e. The molecule has 1 aromatic heterocycles. The third-order valence-electron chi connectivity index (χ3n) is 3.17. The van der Waals surface area contributed by atoms with Crippen molar-refractivity contribution in [3.05, 3.63) is 18.0 Å². The Morgan fingerprint density at radius 3 is 3.17 bits per heavy atom. The van der Waals surface area contributed by atoms with Crippen molar-refractivity contribution in [2.24, 2.45) is 7.05 Å². The molecule has 0 spiro atoms. The van der Waals surface area contributed by atoms with E-state index >= 15 is 0 Å². The van der Waals surface area contributed by atoms with Gasteiger partial charge in [0.25, 0.3) is 0 Å². The fourth-order valence-electron chi connectivity index (χ4n) is 2.01. The zero-order valence-electron chi connectivity index (χ0n) is 10.9. The summed E-state index contributed by atoms with van der Waals surface area (Å²) in [6.07, 6.45) is 4.39. The number of nitrogens with zero attached hydrogens (tertiary/aromatic N) is 3. The molecule has 0 aromatic carbocycles. The van der Waals surface area contributed by atoms with Gasteiger partial charge in [-0.2, -0.15) is 5.10 Å². The van der Waals surface area contributed by atoms with E-state index in [2.05, 4.69) is 10.4 Å². The quantitative estimate of drug-likeness (QED) is 0.822. The summed E-state index contributed by atoms with van der Waals surface area (Å²) in [4.78, 5) is 2.02. The van der Waals surface area contributed by atoms with Crippen LogP contribution in [0, 0.1) is 0 Å². The van der Waals surface area contributed by atoms with Crippen LogP contribution in [-0.4, -0.2) is 46.1 Å². The van der Waals surface area contributed by atoms with E-state index in [0.717, 1.165) is 43.3 Å². The predicted octanol–water partition coefficient (Wildman–Crippen LogP) is 0.905. The number of hydrogen-bond donors (Lipinski definition) is 1. The Balaban J connectivity index is 1.76. The van der Waals surface area contributed by atoms with E-state index < -0.39 is 0 Å². The summed E-state index contributed by atoms with van der Waals surface area (Å²) < 4.78 is 7.41. The Bertz CT molecular complexity index is 401. The molecule has 18 heavy (non-hydrogen) atoms. The highest BCUT2D eigenvalue weighted by Gasteiger charge is 2.16. The second kappa shape index (κ2) is 6.15. The lowest BCUT2D eigenvalue weighted by molar-refractivity contribution is 0.113. The molecule has 0 bridgehead atoms. The van der Waals surface area contributed by atoms with Crippen molar-refractivity contribution in [2.75, 3.05) is 20.2 Å². The summed E-state index contributed by atoms with van der Waals surface area (Å²) in [5.41, 5.74) is 1.14. The Kier molecular flexibility index (Phi) is 4.54. The van der Waals surface area contributed by atoms with E-state index in [-0.39, 0.29) is 0 Å². The minimum Gasteiger partial charge on any atom is -0.376 e. The van der Waals surface area contributed by atoms with Crippen molar-refractivity contribution in [3.8, 4) is 0 Å². The van der Waals surface area contributed by atoms with Gasteiger partial charge in [0.1, 0.15) is 0 Å². The van der Waals surface area contributed by atoms with Gasteiger partial charge in [0.15, 0.2) is 5.11 Å². The van der Waals surface area contributed by atoms with Crippen molar-refractivity contribution in [1.82, 2.24) is 20.0 Å². The number of hydrogen-bond acceptors (Lipinski definition) is 3. The van der Waals surface area contributed by atoms with Crippen LogP contribution in [0.3, 0.4) is 0 Å². The number of ether oxygens (including phenoxy) is 1. The Morgan fingerprint density at radius 1 is 1.72 bits per heavy atom. The average molecular weight is 268 g/mol. The molecule has 0 radical (unpaired) electrons. The summed E-state index contributed by atoms with van der Waals surface area (Å²) in [5, 5.41) is 8.16. The average Bonchev–Trinajstić information content (AvgIpc) is 2.99. The zero-order chi connectivity index (χ0) is 13.0. The second-order valence-corrected chi connectivity index (χ2v) is 5.01. The number of rotatable bonds is 4. The monoisotopic (exact) mass is 268 g/mol. The van der Waals surface area contributed by atoms with Crippen LogP contribution in [0.1, 0.15) is 18.5 Å². The van der Waals surface area contributed by atoms with Crippen LogP contribution < -0.4 is 5.32 Å². The number of thiocarbonyl (C=S) groups is 1. The summed E-state index contributed by atoms with van der Waals surface area (Å²) in [7, 11) is 3.92. The van der Waals surface area contributed by atoms with Gasteiger partial charge in [-0.15, -0.1) is 0 Å². The van der Waals surface area contributed by atoms with Gasteiger partial charge in [-0.3, -0.25) is 4.68 Å². The van der Waals surface area contributed by atoms with Crippen molar-refractivity contribution in [3.63, 3.8) is 0 Å². The van der Waals surface area contributed by atoms with E-state index in [1.165, 1.54) is 0 Å². The SMILES string of the molecule is CN(Cc1ccnn1C)C(=S)NCC1CCCO1. The number of nitrogens with one attached hydrogen (secondary N) is 1. The highest BCUT2D eigenvalue weighted by molar-refractivity contribution is 7.80. The van der Waals surface area contributed by atoms with Crippen LogP contribution in [0.4, 0.5) is 0 Å². The lowest BCUT2D eigenvalue weighted by Crippen LogP contribution is -2.40. The predicted molar refractivity (Wildman–Crippen MR) is 74.2 cm³/mol. The third kappa shape index (κ3) is 3.43. The minimum absolute atomic E-state index is 0.313. The van der Waals surface area contributed by atoms with Gasteiger partial charge in [0, 0.05) is 33.4 Å². The minimum atomic E-state index is 0.313. The van der Waals surface area contributed by atoms with Crippen LogP contribution >= 0.6 is 12.2 Å². The molecule has 0 saturated carbocycles. The molecule has 1 fully saturated rings. The maximum absolute atomic E-state index is 5.55. The molecule has 1 N–H and O–H groups in total. The Hall–Kier alpha value is -1.14. The molecule has 5 nitrogen and oxygen atoms in total. The Labute approximate surface area is 113 Å². The molecule has 1 unspecified atom stereocenters. The molecule has 2 rings (SSSR count). The highest BCUT2D eigenvalue weighted by atomic mass is 32.1. The van der Waals surface area contributed by atoms with Gasteiger partial charge >= 0.3 is 0 Å². The number of aromatic nitrogens is 2. The second-order valence-electron chi connectivity index (χ2n) is 4.62. The molecule has 1 aliphatic heterocycles. The molecule has 6 heteroatoms. The first kappa shape index (κ1) is 13.3. The molecule has 0 aliphatic carbocycles. The van der Waals surface area contributed by atoms with Crippen molar-refractivity contribution >= 4 is 17.3 Å². The number of aryl methyl sites for hydroxylation is 1. The summed E-state index contributed by atoms with van der Waals surface area (Å²) in [6.45, 7) is 2.44. The molecule has 2 heterocycles. The molecule has 1 saturated heterocycles. The van der Waals surface area contributed by atoms with Crippen LogP contribution in [0.2, 0.25) is 0 Å². The first-order valence-corrected chi connectivity index (χ1v) is 6.65. The first-order valence-electron chi connectivity index (χ1n) is 6.24. The summed E-state index contributed by atoms with van der Waals surface area (Å²) in [5.74, 6) is 0. The maximum atomic E-state index is 5.55. The van der Waals surface area contributed by atoms with E-state index in [1.54, 1.807) is 6.20 Å². The maximum Gasteiger partial charge on any atom is 0.169 e. The van der Waals surface area contributed by atoms with Crippen LogP contribution in [-0.2, 0) is 18.3 Å². The zero-order valence-corrected chi connectivity index (χ0v) is 11.7. The lowest BCUT2D eigenvalue weighted by atomic mass is 10.2. The van der Waals surface area contributed by atoms with Gasteiger partial charge in [-0.25, -0.2) is 0 Å². The summed E-state index contributed by atoms with van der Waals surface area (Å²) in [6, 6.07) is 2.00. The molecular weight excluding hydrogens is 248 g/mol. The van der Waals surface area contributed by atoms with Gasteiger partial charge < -0.3 is 15.0 Å². The molecule has 0 amide bonds. The van der Waals surface area contributed by atoms with Crippen LogP contribution in [0.25, 0.3) is 0 Å². The van der Waals surface area contributed by atoms with Gasteiger partial charge in [-0.1, -0.05) is 0 Å². The standard InChI is InChI=1S/C12H20N4OS/c1-15(9-10-5-6-14-16(10)2)12(18)13-8-11-4-3-7-17-11/h5-6,11H,3-4,7-9H2,1-2H3,(H,13,18). The normalized spacial score (nSPS) is 18.9. The van der Waals surface area contributed by atoms with Crippen molar-refractivity contribution < 1.29 is 4.74 Å². The first-order chi connectivity index (χ1) is 8.66. The van der Waals surface area contributed by atoms with Crippen molar-refractivity contribution in [1.29, 1.82) is 0 Å². The topological polar surface area (TPSA) is 42.3 Å². The fraction of sp³-hybridized carbons (Fsp3) is 0.667. The molecule has 100 valence electrons. The molecule has 1 atom stereocenters. The lowest BCUT2D eigenvalue weighted by Gasteiger charge is -2.22. The van der Waals surface area contributed by atoms with Crippen LogP contribution in [0.15, 0.2) is 12.3 Å². The van der Waals surface area contributed by atoms with E-state index in [4.69, 9.17) is 17.0 Å². The molecular formula is C12H20N4OS. The van der Waals surface area contributed by atoms with Crippen molar-refractivity contribution in [2.45, 2.75) is 25.5 Å². The smallest absolute Gasteiger partial charge is 0.169 e. The third-order valence-corrected chi connectivity index (χ3v) is 3.63. The molecule has 1 aliphatic rings.